The van der Waals surface area contributed by atoms with Gasteiger partial charge in [-0.05, 0) is 119 Å². The summed E-state index contributed by atoms with van der Waals surface area (Å²) in [6.45, 7) is 21.6. The second kappa shape index (κ2) is 22.3. The van der Waals surface area contributed by atoms with Gasteiger partial charge in [-0.25, -0.2) is 9.59 Å². The van der Waals surface area contributed by atoms with E-state index in [0.717, 1.165) is 0 Å². The number of methoxy groups -OCH3 is 1. The molecule has 0 aromatic heterocycles. The first kappa shape index (κ1) is 55.8. The summed E-state index contributed by atoms with van der Waals surface area (Å²) < 4.78 is 65.4. The third-order valence-corrected chi connectivity index (χ3v) is 15.2. The topological polar surface area (TPSA) is 187 Å². The number of carbonyl (C=O) groups excluding carboxylic acids is 3. The number of esters is 3. The summed E-state index contributed by atoms with van der Waals surface area (Å²) in [5, 5.41) is 25.7. The minimum Gasteiger partial charge on any atom is -0.459 e. The van der Waals surface area contributed by atoms with Gasteiger partial charge in [-0.2, -0.15) is 0 Å². The molecule has 2 aromatic carbocycles. The number of nitrogens with zero attached hydrogens (tertiary/aromatic N) is 1. The minimum absolute atomic E-state index is 0.0633. The zero-order valence-corrected chi connectivity index (χ0v) is 44.0. The number of hydrogen-bond donors (Lipinski definition) is 2. The molecular weight excluding hydrogens is 903 g/mol. The highest BCUT2D eigenvalue weighted by Crippen LogP contribution is 2.46. The number of likely N-dealkylation sites (N-methyl/N-ethyl adjacent to an activating group) is 1. The predicted octanol–water partition coefficient (Wildman–Crippen LogP) is 7.11. The van der Waals surface area contributed by atoms with Gasteiger partial charge in [0.15, 0.2) is 30.6 Å². The summed E-state index contributed by atoms with van der Waals surface area (Å²) >= 11 is 0. The number of rotatable bonds is 11. The molecule has 2 aromatic rings. The lowest BCUT2D eigenvalue weighted by molar-refractivity contribution is -0.360. The van der Waals surface area contributed by atoms with Crippen LogP contribution in [0.4, 0.5) is 0 Å². The van der Waals surface area contributed by atoms with Crippen LogP contribution in [0.1, 0.15) is 129 Å². The van der Waals surface area contributed by atoms with Crippen molar-refractivity contribution in [2.45, 2.75) is 205 Å². The predicted molar refractivity (Wildman–Crippen MR) is 258 cm³/mol. The maximum atomic E-state index is 14.9. The quantitative estimate of drug-likeness (QED) is 0.171. The van der Waals surface area contributed by atoms with Crippen molar-refractivity contribution >= 4 is 17.9 Å². The van der Waals surface area contributed by atoms with Gasteiger partial charge in [-0.1, -0.05) is 64.1 Å². The largest absolute Gasteiger partial charge is 0.459 e. The molecule has 2 bridgehead atoms. The number of fused-ring (bicyclic) bond motifs is 2. The molecule has 0 saturated carbocycles. The van der Waals surface area contributed by atoms with E-state index in [0.29, 0.717) is 17.5 Å². The van der Waals surface area contributed by atoms with Gasteiger partial charge in [0.1, 0.15) is 17.3 Å². The Kier molecular flexibility index (Phi) is 17.8. The zero-order chi connectivity index (χ0) is 51.7. The number of cyclic esters (lactones) is 1. The summed E-state index contributed by atoms with van der Waals surface area (Å²) in [4.78, 5) is 44.1. The van der Waals surface area contributed by atoms with Crippen molar-refractivity contribution in [1.29, 1.82) is 0 Å². The van der Waals surface area contributed by atoms with E-state index in [9.17, 15) is 24.6 Å². The summed E-state index contributed by atoms with van der Waals surface area (Å²) in [5.41, 5.74) is -3.82. The van der Waals surface area contributed by atoms with E-state index < -0.39 is 120 Å². The van der Waals surface area contributed by atoms with Crippen LogP contribution < -0.4 is 0 Å². The monoisotopic (exact) mass is 984 g/mol. The Morgan fingerprint density at radius 1 is 0.757 bits per heavy atom. The van der Waals surface area contributed by atoms with Gasteiger partial charge < -0.3 is 62.5 Å². The average molecular weight is 984 g/mol. The molecular formula is C54H81NO15. The molecule has 2 N–H and O–H groups in total. The molecule has 0 spiro atoms. The van der Waals surface area contributed by atoms with Crippen molar-refractivity contribution in [2.24, 2.45) is 23.7 Å². The molecule has 392 valence electrons. The third-order valence-electron chi connectivity index (χ3n) is 15.2. The standard InChI is InChI=1S/C54H81NO15/c1-16-39-54(12,60)45-32(4)41(69-51(8,9)70-45)30(2)28-52(10,59)44(68-50-43(38(55(13)14)27-31(3)62-50)66-48(57)36-23-19-17-20-24-36)33(5)42(34(6)47(56)64-39)65-40-29-53(11,61-15)46(35(7)63-40)67-49(58)37-25-21-18-22-26-37/h17-26,30-35,38-46,50,59-60H,16,27-29H2,1-15H3/t30-,31-,32+,33+,34-,35+,38+,39-,40?,41+,42+,43-,44-,45-,46+,50?,52-,53-,54-/m1/s1. The molecule has 19 atom stereocenters. The van der Waals surface area contributed by atoms with E-state index in [1.165, 1.54) is 7.11 Å². The van der Waals surface area contributed by atoms with Gasteiger partial charge in [-0.3, -0.25) is 4.79 Å². The van der Waals surface area contributed by atoms with Crippen molar-refractivity contribution in [1.82, 2.24) is 4.90 Å². The molecule has 4 saturated heterocycles. The Balaban J connectivity index is 1.44. The van der Waals surface area contributed by atoms with E-state index in [4.69, 9.17) is 47.4 Å². The van der Waals surface area contributed by atoms with Crippen molar-refractivity contribution in [3.05, 3.63) is 71.8 Å². The van der Waals surface area contributed by atoms with E-state index in [1.807, 2.05) is 72.7 Å². The third kappa shape index (κ3) is 12.3. The fraction of sp³-hybridized carbons (Fsp3) is 0.722. The summed E-state index contributed by atoms with van der Waals surface area (Å²) in [7, 11) is 5.33. The normalized spacial score (nSPS) is 41.7. The first-order valence-electron chi connectivity index (χ1n) is 25.1. The van der Waals surface area contributed by atoms with E-state index in [2.05, 4.69) is 0 Å². The molecule has 16 nitrogen and oxygen atoms in total. The van der Waals surface area contributed by atoms with Crippen LogP contribution in [-0.2, 0) is 52.2 Å². The van der Waals surface area contributed by atoms with Crippen LogP contribution in [0.15, 0.2) is 60.7 Å². The van der Waals surface area contributed by atoms with Crippen molar-refractivity contribution in [2.75, 3.05) is 21.2 Å². The van der Waals surface area contributed by atoms with Gasteiger partial charge >= 0.3 is 17.9 Å². The first-order chi connectivity index (χ1) is 32.7. The number of aliphatic hydroxyl groups is 2. The number of ether oxygens (including phenoxy) is 10. The molecule has 4 aliphatic rings. The lowest BCUT2D eigenvalue weighted by atomic mass is 9.72. The average Bonchev–Trinajstić information content (AvgIpc) is 3.30. The van der Waals surface area contributed by atoms with Crippen LogP contribution in [0.25, 0.3) is 0 Å². The molecule has 4 heterocycles. The van der Waals surface area contributed by atoms with E-state index in [1.54, 1.807) is 90.1 Å². The molecule has 6 rings (SSSR count). The Morgan fingerprint density at radius 3 is 1.90 bits per heavy atom. The van der Waals surface area contributed by atoms with Crippen LogP contribution in [0, 0.1) is 23.7 Å². The Hall–Kier alpha value is -3.55. The van der Waals surface area contributed by atoms with Gasteiger partial charge in [-0.15, -0.1) is 0 Å². The van der Waals surface area contributed by atoms with Gasteiger partial charge in [0.25, 0.3) is 0 Å². The molecule has 70 heavy (non-hydrogen) atoms. The molecule has 16 heteroatoms. The van der Waals surface area contributed by atoms with Crippen LogP contribution in [0.5, 0.6) is 0 Å². The smallest absolute Gasteiger partial charge is 0.338 e. The summed E-state index contributed by atoms with van der Waals surface area (Å²) in [5.74, 6) is -5.69. The second-order valence-corrected chi connectivity index (χ2v) is 21.8. The maximum absolute atomic E-state index is 14.9. The Labute approximate surface area is 415 Å². The molecule has 0 radical (unpaired) electrons. The molecule has 4 aliphatic heterocycles. The first-order valence-corrected chi connectivity index (χ1v) is 25.1. The number of carbonyl (C=O) groups is 3. The fourth-order valence-corrected chi connectivity index (χ4v) is 11.5. The molecule has 0 amide bonds. The Bertz CT molecular complexity index is 2050. The van der Waals surface area contributed by atoms with Crippen molar-refractivity contribution in [3.8, 4) is 0 Å². The van der Waals surface area contributed by atoms with E-state index in [-0.39, 0.29) is 37.3 Å². The maximum Gasteiger partial charge on any atom is 0.338 e. The highest BCUT2D eigenvalue weighted by Gasteiger charge is 2.57. The summed E-state index contributed by atoms with van der Waals surface area (Å²) in [6.07, 6.45) is -8.99. The van der Waals surface area contributed by atoms with Gasteiger partial charge in [0.05, 0.1) is 65.3 Å². The van der Waals surface area contributed by atoms with Gasteiger partial charge in [0.2, 0.25) is 0 Å². The van der Waals surface area contributed by atoms with Crippen LogP contribution in [0.3, 0.4) is 0 Å². The molecule has 2 unspecified atom stereocenters. The van der Waals surface area contributed by atoms with E-state index >= 15 is 0 Å². The lowest BCUT2D eigenvalue weighted by Gasteiger charge is -2.53. The van der Waals surface area contributed by atoms with Crippen LogP contribution >= 0.6 is 0 Å². The van der Waals surface area contributed by atoms with Crippen LogP contribution in [0.2, 0.25) is 0 Å². The summed E-state index contributed by atoms with van der Waals surface area (Å²) in [6, 6.07) is 17.0. The lowest BCUT2D eigenvalue weighted by Crippen LogP contribution is -2.65. The molecule has 4 fully saturated rings. The SMILES string of the molecule is CC[C@H]1OC(=O)[C@H](C)[C@@H](OC2C[C@@](C)(OC)[C@@H](OC(=O)c3ccccc3)[C@H](C)O2)[C@H](C)[C@@H](OC2O[C@H](C)C[C@H](N(C)C)[C@H]2OC(=O)c2ccccc2)[C@](C)(O)C[C@@H](C)[C@@H]2OC(C)(C)O[C@H]([C@H]2C)[C@]1(C)O. The Morgan fingerprint density at radius 2 is 1.34 bits per heavy atom. The van der Waals surface area contributed by atoms with Crippen molar-refractivity contribution in [3.63, 3.8) is 0 Å². The highest BCUT2D eigenvalue weighted by molar-refractivity contribution is 5.90. The fourth-order valence-electron chi connectivity index (χ4n) is 11.5. The van der Waals surface area contributed by atoms with Crippen molar-refractivity contribution < 1.29 is 72.0 Å². The van der Waals surface area contributed by atoms with Crippen LogP contribution in [-0.4, -0.2) is 150 Å². The minimum atomic E-state index is -1.73. The van der Waals surface area contributed by atoms with Gasteiger partial charge in [0, 0.05) is 25.4 Å². The molecule has 0 aliphatic carbocycles. The number of benzene rings is 2. The number of hydrogen-bond acceptors (Lipinski definition) is 16. The zero-order valence-electron chi connectivity index (χ0n) is 44.0. The highest BCUT2D eigenvalue weighted by atomic mass is 16.7. The second-order valence-electron chi connectivity index (χ2n) is 21.8.